The van der Waals surface area contributed by atoms with Crippen molar-refractivity contribution in [1.82, 2.24) is 4.31 Å². The number of sulfonamides is 1. The molecule has 2 rings (SSSR count). The lowest BCUT2D eigenvalue weighted by atomic mass is 10.0. The summed E-state index contributed by atoms with van der Waals surface area (Å²) in [5.74, 6) is 0.0184. The molecule has 112 valence electrons. The van der Waals surface area contributed by atoms with Crippen LogP contribution in [0, 0.1) is 19.8 Å². The van der Waals surface area contributed by atoms with E-state index in [1.54, 1.807) is 19.9 Å². The zero-order chi connectivity index (χ0) is 14.9. The smallest absolute Gasteiger partial charge is 0.245 e. The second kappa shape index (κ2) is 5.71. The average Bonchev–Trinajstić information content (AvgIpc) is 2.43. The molecule has 1 aliphatic heterocycles. The zero-order valence-corrected chi connectivity index (χ0v) is 12.8. The molecule has 0 radical (unpaired) electrons. The Hall–Kier alpha value is -1.11. The summed E-state index contributed by atoms with van der Waals surface area (Å²) in [6, 6.07) is 3.61. The first-order valence-corrected chi connectivity index (χ1v) is 8.28. The van der Waals surface area contributed by atoms with Crippen molar-refractivity contribution in [3.05, 3.63) is 23.3 Å². The highest BCUT2D eigenvalue weighted by atomic mass is 32.2. The molecule has 1 heterocycles. The molecule has 3 N–H and O–H groups in total. The Labute approximate surface area is 120 Å². The average molecular weight is 298 g/mol. The van der Waals surface area contributed by atoms with Crippen molar-refractivity contribution in [2.45, 2.75) is 31.6 Å². The second-order valence-electron chi connectivity index (χ2n) is 5.50. The number of rotatable bonds is 3. The molecule has 1 aliphatic rings. The number of anilines is 1. The number of piperidine rings is 1. The second-order valence-corrected chi connectivity index (χ2v) is 7.37. The van der Waals surface area contributed by atoms with Crippen molar-refractivity contribution in [1.29, 1.82) is 0 Å². The molecule has 0 bridgehead atoms. The van der Waals surface area contributed by atoms with Gasteiger partial charge in [-0.1, -0.05) is 12.1 Å². The molecule has 0 aliphatic carbocycles. The zero-order valence-electron chi connectivity index (χ0n) is 12.0. The lowest BCUT2D eigenvalue weighted by molar-refractivity contribution is 0.165. The number of aryl methyl sites for hydroxylation is 2. The molecular formula is C14H22N2O3S. The first-order chi connectivity index (χ1) is 9.37. The highest BCUT2D eigenvalue weighted by Gasteiger charge is 2.32. The number of nitrogens with zero attached hydrogens (tertiary/aromatic N) is 1. The maximum Gasteiger partial charge on any atom is 0.245 e. The fourth-order valence-corrected chi connectivity index (χ4v) is 4.62. The molecule has 1 aromatic carbocycles. The first-order valence-electron chi connectivity index (χ1n) is 6.84. The van der Waals surface area contributed by atoms with Crippen LogP contribution < -0.4 is 5.73 Å². The van der Waals surface area contributed by atoms with E-state index in [2.05, 4.69) is 0 Å². The van der Waals surface area contributed by atoms with Crippen molar-refractivity contribution >= 4 is 15.7 Å². The summed E-state index contributed by atoms with van der Waals surface area (Å²) in [5, 5.41) is 9.25. The Kier molecular flexibility index (Phi) is 4.36. The highest BCUT2D eigenvalue weighted by molar-refractivity contribution is 7.89. The van der Waals surface area contributed by atoms with Crippen LogP contribution in [0.1, 0.15) is 24.0 Å². The van der Waals surface area contributed by atoms with Gasteiger partial charge in [-0.2, -0.15) is 4.31 Å². The van der Waals surface area contributed by atoms with Crippen molar-refractivity contribution in [3.8, 4) is 0 Å². The van der Waals surface area contributed by atoms with E-state index in [-0.39, 0.29) is 17.4 Å². The summed E-state index contributed by atoms with van der Waals surface area (Å²) in [6.45, 7) is 4.45. The van der Waals surface area contributed by atoms with E-state index in [0.717, 1.165) is 18.4 Å². The molecule has 1 saturated heterocycles. The van der Waals surface area contributed by atoms with Gasteiger partial charge < -0.3 is 10.8 Å². The van der Waals surface area contributed by atoms with Crippen LogP contribution in [0.3, 0.4) is 0 Å². The van der Waals surface area contributed by atoms with E-state index in [0.29, 0.717) is 24.3 Å². The number of aliphatic hydroxyl groups is 1. The molecule has 0 saturated carbocycles. The molecule has 1 fully saturated rings. The Morgan fingerprint density at radius 2 is 2.00 bits per heavy atom. The molecular weight excluding hydrogens is 276 g/mol. The van der Waals surface area contributed by atoms with Gasteiger partial charge in [-0.05, 0) is 43.7 Å². The third-order valence-corrected chi connectivity index (χ3v) is 6.02. The largest absolute Gasteiger partial charge is 0.397 e. The van der Waals surface area contributed by atoms with E-state index in [9.17, 15) is 13.5 Å². The van der Waals surface area contributed by atoms with Gasteiger partial charge in [-0.15, -0.1) is 0 Å². The molecule has 20 heavy (non-hydrogen) atoms. The Balaban J connectivity index is 2.43. The van der Waals surface area contributed by atoms with Gasteiger partial charge in [-0.3, -0.25) is 0 Å². The van der Waals surface area contributed by atoms with Crippen LogP contribution in [0.2, 0.25) is 0 Å². The van der Waals surface area contributed by atoms with Crippen LogP contribution in [0.5, 0.6) is 0 Å². The van der Waals surface area contributed by atoms with E-state index in [1.807, 2.05) is 6.07 Å². The summed E-state index contributed by atoms with van der Waals surface area (Å²) in [4.78, 5) is 0.219. The maximum atomic E-state index is 12.8. The molecule has 1 atom stereocenters. The standard InChI is InChI=1S/C14H22N2O3S/c1-10-5-6-11(2)14(13(10)15)20(18,19)16-7-3-4-12(8-16)9-17/h5-6,12,17H,3-4,7-9,15H2,1-2H3. The van der Waals surface area contributed by atoms with E-state index >= 15 is 0 Å². The summed E-state index contributed by atoms with van der Waals surface area (Å²) >= 11 is 0. The minimum Gasteiger partial charge on any atom is -0.397 e. The lowest BCUT2D eigenvalue weighted by Gasteiger charge is -2.31. The number of nitrogen functional groups attached to an aromatic ring is 1. The van der Waals surface area contributed by atoms with Gasteiger partial charge in [0.15, 0.2) is 0 Å². The summed E-state index contributed by atoms with van der Waals surface area (Å²) in [7, 11) is -3.59. The van der Waals surface area contributed by atoms with Crippen LogP contribution in [0.25, 0.3) is 0 Å². The van der Waals surface area contributed by atoms with E-state index in [4.69, 9.17) is 5.73 Å². The fraction of sp³-hybridized carbons (Fsp3) is 0.571. The minimum absolute atomic E-state index is 0.0184. The van der Waals surface area contributed by atoms with Gasteiger partial charge in [0.05, 0.1) is 5.69 Å². The number of benzene rings is 1. The van der Waals surface area contributed by atoms with Gasteiger partial charge in [0.25, 0.3) is 0 Å². The van der Waals surface area contributed by atoms with Gasteiger partial charge in [0.1, 0.15) is 4.90 Å². The summed E-state index contributed by atoms with van der Waals surface area (Å²) in [5.41, 5.74) is 7.75. The molecule has 1 aromatic rings. The topological polar surface area (TPSA) is 83.6 Å². The molecule has 6 heteroatoms. The van der Waals surface area contributed by atoms with Crippen LogP contribution in [-0.2, 0) is 10.0 Å². The molecule has 0 amide bonds. The number of hydrogen-bond donors (Lipinski definition) is 2. The predicted octanol–water partition coefficient (Wildman–Crippen LogP) is 1.28. The van der Waals surface area contributed by atoms with Crippen LogP contribution in [0.15, 0.2) is 17.0 Å². The lowest BCUT2D eigenvalue weighted by Crippen LogP contribution is -2.41. The van der Waals surface area contributed by atoms with Crippen LogP contribution in [0.4, 0.5) is 5.69 Å². The van der Waals surface area contributed by atoms with Gasteiger partial charge >= 0.3 is 0 Å². The Morgan fingerprint density at radius 1 is 1.35 bits per heavy atom. The Morgan fingerprint density at radius 3 is 2.65 bits per heavy atom. The van der Waals surface area contributed by atoms with E-state index in [1.165, 1.54) is 4.31 Å². The maximum absolute atomic E-state index is 12.8. The van der Waals surface area contributed by atoms with Crippen molar-refractivity contribution in [3.63, 3.8) is 0 Å². The minimum atomic E-state index is -3.59. The van der Waals surface area contributed by atoms with Gasteiger partial charge in [0, 0.05) is 19.7 Å². The summed E-state index contributed by atoms with van der Waals surface area (Å²) < 4.78 is 27.1. The third kappa shape index (κ3) is 2.68. The van der Waals surface area contributed by atoms with Crippen molar-refractivity contribution < 1.29 is 13.5 Å². The first kappa shape index (κ1) is 15.3. The number of aliphatic hydroxyl groups excluding tert-OH is 1. The number of nitrogens with two attached hydrogens (primary N) is 1. The predicted molar refractivity (Wildman–Crippen MR) is 78.9 cm³/mol. The van der Waals surface area contributed by atoms with E-state index < -0.39 is 10.0 Å². The Bertz CT molecular complexity index is 599. The van der Waals surface area contributed by atoms with Crippen LogP contribution in [-0.4, -0.2) is 37.5 Å². The third-order valence-electron chi connectivity index (χ3n) is 3.95. The fourth-order valence-electron chi connectivity index (χ4n) is 2.67. The highest BCUT2D eigenvalue weighted by Crippen LogP contribution is 2.31. The van der Waals surface area contributed by atoms with Gasteiger partial charge in [0.2, 0.25) is 10.0 Å². The molecule has 0 aromatic heterocycles. The molecule has 1 unspecified atom stereocenters. The van der Waals surface area contributed by atoms with Crippen LogP contribution >= 0.6 is 0 Å². The number of hydrogen-bond acceptors (Lipinski definition) is 4. The summed E-state index contributed by atoms with van der Waals surface area (Å²) in [6.07, 6.45) is 1.64. The normalized spacial score (nSPS) is 21.1. The van der Waals surface area contributed by atoms with Crippen molar-refractivity contribution in [2.24, 2.45) is 5.92 Å². The molecule has 0 spiro atoms. The quantitative estimate of drug-likeness (QED) is 0.823. The molecule has 5 nitrogen and oxygen atoms in total. The SMILES string of the molecule is Cc1ccc(C)c(S(=O)(=O)N2CCCC(CO)C2)c1N. The monoisotopic (exact) mass is 298 g/mol. The van der Waals surface area contributed by atoms with Gasteiger partial charge in [-0.25, -0.2) is 8.42 Å². The van der Waals surface area contributed by atoms with Crippen molar-refractivity contribution in [2.75, 3.05) is 25.4 Å².